The molecule has 146 valence electrons. The summed E-state index contributed by atoms with van der Waals surface area (Å²) in [6, 6.07) is 10.9. The fourth-order valence-electron chi connectivity index (χ4n) is 3.08. The number of pyridine rings is 1. The number of carbonyl (C=O) groups excluding carboxylic acids is 2. The molecule has 1 aromatic carbocycles. The highest BCUT2D eigenvalue weighted by Gasteiger charge is 2.29. The fraction of sp³-hybridized carbons (Fsp3) is 0.381. The first-order valence-corrected chi connectivity index (χ1v) is 9.66. The molecule has 2 aromatic rings. The summed E-state index contributed by atoms with van der Waals surface area (Å²) in [4.78, 5) is 30.8. The maximum atomic E-state index is 12.3. The number of aromatic nitrogens is 1. The normalized spacial score (nSPS) is 16.5. The van der Waals surface area contributed by atoms with Crippen molar-refractivity contribution in [3.8, 4) is 0 Å². The molecule has 1 aliphatic heterocycles. The number of hydrogen-bond acceptors (Lipinski definition) is 5. The van der Waals surface area contributed by atoms with Gasteiger partial charge in [-0.1, -0.05) is 6.07 Å². The highest BCUT2D eigenvalue weighted by Crippen LogP contribution is 2.30. The Morgan fingerprint density at radius 1 is 1.07 bits per heavy atom. The highest BCUT2D eigenvalue weighted by atomic mass is 16.5. The molecule has 2 aliphatic rings. The quantitative estimate of drug-likeness (QED) is 0.803. The monoisotopic (exact) mass is 380 g/mol. The maximum absolute atomic E-state index is 12.3. The van der Waals surface area contributed by atoms with Crippen LogP contribution >= 0.6 is 0 Å². The van der Waals surface area contributed by atoms with Gasteiger partial charge in [-0.15, -0.1) is 0 Å². The molecule has 2 amide bonds. The molecule has 1 saturated carbocycles. The van der Waals surface area contributed by atoms with E-state index in [2.05, 4.69) is 20.5 Å². The molecule has 7 nitrogen and oxygen atoms in total. The molecule has 4 rings (SSSR count). The molecule has 0 unspecified atom stereocenters. The second-order valence-corrected chi connectivity index (χ2v) is 7.15. The van der Waals surface area contributed by atoms with Gasteiger partial charge in [-0.05, 0) is 48.7 Å². The highest BCUT2D eigenvalue weighted by molar-refractivity contribution is 5.96. The predicted octanol–water partition coefficient (Wildman–Crippen LogP) is 2.20. The molecule has 0 bridgehead atoms. The minimum atomic E-state index is -0.155. The lowest BCUT2D eigenvalue weighted by atomic mass is 10.2. The molecule has 0 radical (unpaired) electrons. The molecule has 1 aromatic heterocycles. The summed E-state index contributed by atoms with van der Waals surface area (Å²) >= 11 is 0. The first-order chi connectivity index (χ1) is 13.7. The third kappa shape index (κ3) is 4.67. The number of benzene rings is 1. The number of nitrogens with one attached hydrogen (secondary N) is 2. The van der Waals surface area contributed by atoms with Gasteiger partial charge in [-0.3, -0.25) is 9.59 Å². The van der Waals surface area contributed by atoms with Gasteiger partial charge >= 0.3 is 0 Å². The van der Waals surface area contributed by atoms with E-state index in [1.807, 2.05) is 12.1 Å². The van der Waals surface area contributed by atoms with Crippen LogP contribution in [0, 0.1) is 5.92 Å². The molecule has 0 atom stereocenters. The van der Waals surface area contributed by atoms with Crippen LogP contribution < -0.4 is 15.5 Å². The molecule has 0 spiro atoms. The van der Waals surface area contributed by atoms with Crippen LogP contribution in [-0.2, 0) is 16.1 Å². The van der Waals surface area contributed by atoms with Crippen LogP contribution in [-0.4, -0.2) is 43.1 Å². The summed E-state index contributed by atoms with van der Waals surface area (Å²) in [7, 11) is 0. The first kappa shape index (κ1) is 18.4. The molecule has 7 heteroatoms. The third-order valence-electron chi connectivity index (χ3n) is 4.96. The standard InChI is InChI=1S/C21H24N4O3/c26-20(16-4-6-18(7-5-16)24-21(27)17-2-3-17)23-14-15-1-8-19(22-13-15)25-9-11-28-12-10-25/h1,4-8,13,17H,2-3,9-12,14H2,(H,23,26)(H,24,27). The van der Waals surface area contributed by atoms with E-state index in [9.17, 15) is 9.59 Å². The Bertz CT molecular complexity index is 826. The fourth-order valence-corrected chi connectivity index (χ4v) is 3.08. The Morgan fingerprint density at radius 3 is 2.46 bits per heavy atom. The molecule has 28 heavy (non-hydrogen) atoms. The second kappa shape index (κ2) is 8.39. The summed E-state index contributed by atoms with van der Waals surface area (Å²) in [5, 5.41) is 5.77. The summed E-state index contributed by atoms with van der Waals surface area (Å²) < 4.78 is 5.35. The van der Waals surface area contributed by atoms with Crippen molar-refractivity contribution in [2.45, 2.75) is 19.4 Å². The zero-order chi connectivity index (χ0) is 19.3. The number of hydrogen-bond donors (Lipinski definition) is 2. The van der Waals surface area contributed by atoms with Gasteiger partial charge in [0.2, 0.25) is 5.91 Å². The van der Waals surface area contributed by atoms with Gasteiger partial charge < -0.3 is 20.3 Å². The van der Waals surface area contributed by atoms with Crippen molar-refractivity contribution in [1.82, 2.24) is 10.3 Å². The van der Waals surface area contributed by atoms with Crippen LogP contribution in [0.2, 0.25) is 0 Å². The van der Waals surface area contributed by atoms with Gasteiger partial charge in [0, 0.05) is 43.0 Å². The van der Waals surface area contributed by atoms with Crippen molar-refractivity contribution < 1.29 is 14.3 Å². The van der Waals surface area contributed by atoms with E-state index in [0.29, 0.717) is 12.1 Å². The van der Waals surface area contributed by atoms with E-state index in [0.717, 1.165) is 56.2 Å². The van der Waals surface area contributed by atoms with Crippen LogP contribution in [0.5, 0.6) is 0 Å². The first-order valence-electron chi connectivity index (χ1n) is 9.66. The smallest absolute Gasteiger partial charge is 0.251 e. The lowest BCUT2D eigenvalue weighted by Gasteiger charge is -2.27. The van der Waals surface area contributed by atoms with Crippen LogP contribution in [0.15, 0.2) is 42.6 Å². The molecule has 1 saturated heterocycles. The van der Waals surface area contributed by atoms with E-state index in [-0.39, 0.29) is 17.7 Å². The minimum absolute atomic E-state index is 0.0604. The molecule has 1 aliphatic carbocycles. The van der Waals surface area contributed by atoms with Gasteiger partial charge in [0.1, 0.15) is 5.82 Å². The van der Waals surface area contributed by atoms with Crippen molar-refractivity contribution in [2.75, 3.05) is 36.5 Å². The van der Waals surface area contributed by atoms with Gasteiger partial charge in [0.25, 0.3) is 5.91 Å². The van der Waals surface area contributed by atoms with Gasteiger partial charge in [-0.25, -0.2) is 4.98 Å². The summed E-state index contributed by atoms with van der Waals surface area (Å²) in [6.07, 6.45) is 3.73. The number of morpholine rings is 1. The van der Waals surface area contributed by atoms with Crippen molar-refractivity contribution in [1.29, 1.82) is 0 Å². The topological polar surface area (TPSA) is 83.6 Å². The van der Waals surface area contributed by atoms with Crippen LogP contribution in [0.4, 0.5) is 11.5 Å². The van der Waals surface area contributed by atoms with E-state index >= 15 is 0 Å². The Morgan fingerprint density at radius 2 is 1.82 bits per heavy atom. The second-order valence-electron chi connectivity index (χ2n) is 7.15. The van der Waals surface area contributed by atoms with Gasteiger partial charge in [0.15, 0.2) is 0 Å². The van der Waals surface area contributed by atoms with E-state index in [1.54, 1.807) is 30.5 Å². The summed E-state index contributed by atoms with van der Waals surface area (Å²) in [6.45, 7) is 3.56. The number of carbonyl (C=O) groups is 2. The van der Waals surface area contributed by atoms with Crippen molar-refractivity contribution in [2.24, 2.45) is 5.92 Å². The Kier molecular flexibility index (Phi) is 5.53. The van der Waals surface area contributed by atoms with E-state index in [4.69, 9.17) is 4.74 Å². The van der Waals surface area contributed by atoms with Crippen LogP contribution in [0.25, 0.3) is 0 Å². The zero-order valence-electron chi connectivity index (χ0n) is 15.7. The maximum Gasteiger partial charge on any atom is 0.251 e. The molecule has 2 heterocycles. The molecular formula is C21H24N4O3. The van der Waals surface area contributed by atoms with Crippen LogP contribution in [0.1, 0.15) is 28.8 Å². The number of anilines is 2. The summed E-state index contributed by atoms with van der Waals surface area (Å²) in [5.41, 5.74) is 2.22. The third-order valence-corrected chi connectivity index (χ3v) is 4.96. The lowest BCUT2D eigenvalue weighted by molar-refractivity contribution is -0.117. The van der Waals surface area contributed by atoms with Crippen molar-refractivity contribution in [3.05, 3.63) is 53.7 Å². The Hall–Kier alpha value is -2.93. The summed E-state index contributed by atoms with van der Waals surface area (Å²) in [5.74, 6) is 0.996. The number of rotatable bonds is 6. The largest absolute Gasteiger partial charge is 0.378 e. The molecule has 2 N–H and O–H groups in total. The SMILES string of the molecule is O=C(NCc1ccc(N2CCOCC2)nc1)c1ccc(NC(=O)C2CC2)cc1. The Labute approximate surface area is 164 Å². The van der Waals surface area contributed by atoms with Gasteiger partial charge in [0.05, 0.1) is 13.2 Å². The van der Waals surface area contributed by atoms with E-state index in [1.165, 1.54) is 0 Å². The van der Waals surface area contributed by atoms with Gasteiger partial charge in [-0.2, -0.15) is 0 Å². The number of nitrogens with zero attached hydrogens (tertiary/aromatic N) is 2. The lowest BCUT2D eigenvalue weighted by Crippen LogP contribution is -2.36. The molecular weight excluding hydrogens is 356 g/mol. The van der Waals surface area contributed by atoms with Crippen molar-refractivity contribution >= 4 is 23.3 Å². The molecule has 2 fully saturated rings. The Balaban J connectivity index is 1.28. The minimum Gasteiger partial charge on any atom is -0.378 e. The van der Waals surface area contributed by atoms with Crippen LogP contribution in [0.3, 0.4) is 0 Å². The number of amides is 2. The van der Waals surface area contributed by atoms with Crippen molar-refractivity contribution in [3.63, 3.8) is 0 Å². The van der Waals surface area contributed by atoms with E-state index < -0.39 is 0 Å². The average molecular weight is 380 g/mol. The zero-order valence-corrected chi connectivity index (χ0v) is 15.7. The predicted molar refractivity (Wildman–Crippen MR) is 106 cm³/mol. The number of ether oxygens (including phenoxy) is 1. The average Bonchev–Trinajstić information content (AvgIpc) is 3.59.